The van der Waals surface area contributed by atoms with Crippen molar-refractivity contribution in [2.45, 2.75) is 71.9 Å². The van der Waals surface area contributed by atoms with Crippen LogP contribution in [0.5, 0.6) is 5.75 Å². The average molecular weight is 593 g/mol. The summed E-state index contributed by atoms with van der Waals surface area (Å²) in [6, 6.07) is 13.8. The van der Waals surface area contributed by atoms with Crippen molar-refractivity contribution in [2.24, 2.45) is 11.7 Å². The lowest BCUT2D eigenvalue weighted by Gasteiger charge is -2.14. The normalized spacial score (nSPS) is 14.9. The van der Waals surface area contributed by atoms with Crippen LogP contribution in [-0.2, 0) is 27.4 Å². The molecular weight excluding hydrogens is 551 g/mol. The number of nitrogens with two attached hydrogens (primary N) is 1. The first-order chi connectivity index (χ1) is 20.3. The highest BCUT2D eigenvalue weighted by Gasteiger charge is 2.13. The molecule has 2 aromatic carbocycles. The molecule has 224 valence electrons. The van der Waals surface area contributed by atoms with Crippen LogP contribution >= 0.6 is 11.3 Å². The number of thiazole rings is 1. The van der Waals surface area contributed by atoms with Gasteiger partial charge in [-0.05, 0) is 93.2 Å². The van der Waals surface area contributed by atoms with E-state index >= 15 is 0 Å². The van der Waals surface area contributed by atoms with Gasteiger partial charge in [0.2, 0.25) is 0 Å². The van der Waals surface area contributed by atoms with Crippen LogP contribution in [0.15, 0.2) is 71.1 Å². The summed E-state index contributed by atoms with van der Waals surface area (Å²) < 4.78 is 23.8. The van der Waals surface area contributed by atoms with E-state index in [1.54, 1.807) is 32.1 Å². The summed E-state index contributed by atoms with van der Waals surface area (Å²) >= 11 is 1.52. The molecule has 0 radical (unpaired) electrons. The number of benzene rings is 2. The number of aromatic nitrogens is 1. The number of hydrogen-bond acceptors (Lipinski definition) is 7. The van der Waals surface area contributed by atoms with Gasteiger partial charge < -0.3 is 20.0 Å². The molecule has 0 amide bonds. The predicted molar refractivity (Wildman–Crippen MR) is 167 cm³/mol. The van der Waals surface area contributed by atoms with Crippen molar-refractivity contribution < 1.29 is 23.5 Å². The molecule has 1 saturated carbocycles. The Morgan fingerprint density at radius 3 is 2.36 bits per heavy atom. The maximum atomic E-state index is 13.0. The second-order valence-corrected chi connectivity index (χ2v) is 11.3. The summed E-state index contributed by atoms with van der Waals surface area (Å²) in [4.78, 5) is 26.6. The number of carbonyl (C=O) groups excluding carboxylic acids is 2. The molecule has 1 heterocycles. The second-order valence-electron chi connectivity index (χ2n) is 10.5. The maximum absolute atomic E-state index is 13.0. The van der Waals surface area contributed by atoms with Crippen LogP contribution in [0.25, 0.3) is 6.08 Å². The molecule has 1 aliphatic rings. The maximum Gasteiger partial charge on any atom is 0.333 e. The van der Waals surface area contributed by atoms with Crippen molar-refractivity contribution in [3.8, 4) is 5.75 Å². The number of allylic oxidation sites excluding steroid dienone is 2. The van der Waals surface area contributed by atoms with Gasteiger partial charge in [-0.1, -0.05) is 43.5 Å². The molecule has 0 saturated heterocycles. The van der Waals surface area contributed by atoms with Crippen LogP contribution in [-0.4, -0.2) is 23.8 Å². The molecule has 42 heavy (non-hydrogen) atoms. The molecule has 1 aliphatic carbocycles. The van der Waals surface area contributed by atoms with Gasteiger partial charge in [0.05, 0.1) is 18.3 Å². The second kappa shape index (κ2) is 17.4. The van der Waals surface area contributed by atoms with Crippen molar-refractivity contribution in [3.05, 3.63) is 98.8 Å². The minimum absolute atomic E-state index is 0.227. The van der Waals surface area contributed by atoms with Gasteiger partial charge in [0.25, 0.3) is 0 Å². The number of carbonyl (C=O) groups is 2. The van der Waals surface area contributed by atoms with Crippen LogP contribution in [0.1, 0.15) is 80.7 Å². The Morgan fingerprint density at radius 2 is 1.74 bits per heavy atom. The van der Waals surface area contributed by atoms with E-state index in [4.69, 9.17) is 15.2 Å². The minimum Gasteiger partial charge on any atom is -0.489 e. The largest absolute Gasteiger partial charge is 0.489 e. The van der Waals surface area contributed by atoms with E-state index in [2.05, 4.69) is 4.98 Å². The van der Waals surface area contributed by atoms with Gasteiger partial charge in [-0.25, -0.2) is 14.2 Å². The number of nitrogens with zero attached hydrogens (tertiary/aromatic N) is 1. The van der Waals surface area contributed by atoms with Gasteiger partial charge in [0.1, 0.15) is 29.5 Å². The number of halogens is 1. The van der Waals surface area contributed by atoms with Crippen molar-refractivity contribution in [2.75, 3.05) is 6.61 Å². The van der Waals surface area contributed by atoms with Crippen LogP contribution in [0.4, 0.5) is 4.39 Å². The van der Waals surface area contributed by atoms with E-state index in [-0.39, 0.29) is 17.8 Å². The quantitative estimate of drug-likeness (QED) is 0.106. The summed E-state index contributed by atoms with van der Waals surface area (Å²) in [5.74, 6) is 0.570. The van der Waals surface area contributed by atoms with E-state index in [1.807, 2.05) is 42.6 Å². The SMILES string of the molecule is CCOC(=O)/C(C)=C\C(C)=C\c1csc([C@@H](N)Cc2ccc(OCc3ccc(F)cc3)cc2)n1.O=CC1CCCCC1. The Balaban J connectivity index is 0.000000521. The molecular formula is C34H41FN2O4S. The van der Waals surface area contributed by atoms with Gasteiger partial charge in [-0.2, -0.15) is 0 Å². The zero-order valence-corrected chi connectivity index (χ0v) is 25.5. The Kier molecular flexibility index (Phi) is 13.6. The smallest absolute Gasteiger partial charge is 0.333 e. The zero-order chi connectivity index (χ0) is 30.3. The van der Waals surface area contributed by atoms with E-state index in [0.29, 0.717) is 31.1 Å². The fraction of sp³-hybridized carbons (Fsp3) is 0.382. The fourth-order valence-electron chi connectivity index (χ4n) is 4.54. The Labute approximate surface area is 252 Å². The first kappa shape index (κ1) is 32.9. The monoisotopic (exact) mass is 592 g/mol. The van der Waals surface area contributed by atoms with Gasteiger partial charge in [-0.3, -0.25) is 0 Å². The molecule has 1 fully saturated rings. The molecule has 2 N–H and O–H groups in total. The van der Waals surface area contributed by atoms with Gasteiger partial charge in [0.15, 0.2) is 0 Å². The summed E-state index contributed by atoms with van der Waals surface area (Å²) in [5.41, 5.74) is 10.7. The summed E-state index contributed by atoms with van der Waals surface area (Å²) in [5, 5.41) is 2.81. The van der Waals surface area contributed by atoms with E-state index in [1.165, 1.54) is 42.7 Å². The third-order valence-electron chi connectivity index (χ3n) is 6.81. The van der Waals surface area contributed by atoms with Crippen LogP contribution in [0.3, 0.4) is 0 Å². The molecule has 1 aromatic heterocycles. The first-order valence-corrected chi connectivity index (χ1v) is 15.3. The zero-order valence-electron chi connectivity index (χ0n) is 24.7. The van der Waals surface area contributed by atoms with Crippen molar-refractivity contribution in [1.29, 1.82) is 0 Å². The van der Waals surface area contributed by atoms with E-state index < -0.39 is 0 Å². The molecule has 3 aromatic rings. The highest BCUT2D eigenvalue weighted by Crippen LogP contribution is 2.24. The third-order valence-corrected chi connectivity index (χ3v) is 7.81. The fourth-order valence-corrected chi connectivity index (χ4v) is 5.32. The molecule has 6 nitrogen and oxygen atoms in total. The Bertz CT molecular complexity index is 1330. The van der Waals surface area contributed by atoms with Crippen molar-refractivity contribution in [1.82, 2.24) is 4.98 Å². The van der Waals surface area contributed by atoms with Crippen LogP contribution in [0.2, 0.25) is 0 Å². The number of aldehydes is 1. The lowest BCUT2D eigenvalue weighted by Crippen LogP contribution is -2.13. The van der Waals surface area contributed by atoms with E-state index in [9.17, 15) is 14.0 Å². The minimum atomic E-state index is -0.317. The molecule has 0 spiro atoms. The molecule has 1 atom stereocenters. The third kappa shape index (κ3) is 11.3. The highest BCUT2D eigenvalue weighted by molar-refractivity contribution is 7.09. The van der Waals surface area contributed by atoms with Crippen molar-refractivity contribution >= 4 is 29.7 Å². The van der Waals surface area contributed by atoms with Crippen LogP contribution < -0.4 is 10.5 Å². The van der Waals surface area contributed by atoms with Gasteiger partial charge >= 0.3 is 5.97 Å². The molecule has 4 rings (SSSR count). The molecule has 8 heteroatoms. The van der Waals surface area contributed by atoms with Gasteiger partial charge in [-0.15, -0.1) is 11.3 Å². The number of hydrogen-bond donors (Lipinski definition) is 1. The first-order valence-electron chi connectivity index (χ1n) is 14.4. The average Bonchev–Trinajstić information content (AvgIpc) is 3.47. The van der Waals surface area contributed by atoms with Gasteiger partial charge in [0, 0.05) is 16.9 Å². The summed E-state index contributed by atoms with van der Waals surface area (Å²) in [7, 11) is 0. The summed E-state index contributed by atoms with van der Waals surface area (Å²) in [6.45, 7) is 6.17. The Morgan fingerprint density at radius 1 is 1.07 bits per heavy atom. The van der Waals surface area contributed by atoms with E-state index in [0.717, 1.165) is 52.3 Å². The lowest BCUT2D eigenvalue weighted by atomic mass is 9.91. The number of ether oxygens (including phenoxy) is 2. The highest BCUT2D eigenvalue weighted by atomic mass is 32.1. The van der Waals surface area contributed by atoms with Crippen LogP contribution in [0, 0.1) is 11.7 Å². The topological polar surface area (TPSA) is 91.5 Å². The van der Waals surface area contributed by atoms with Crippen molar-refractivity contribution in [3.63, 3.8) is 0 Å². The number of rotatable bonds is 11. The predicted octanol–water partition coefficient (Wildman–Crippen LogP) is 7.78. The lowest BCUT2D eigenvalue weighted by molar-refractivity contribution is -0.138. The number of esters is 1. The molecule has 0 aliphatic heterocycles. The molecule has 0 bridgehead atoms. The molecule has 0 unspecified atom stereocenters. The summed E-state index contributed by atoms with van der Waals surface area (Å²) in [6.07, 6.45) is 11.6. The standard InChI is InChI=1S/C27H29FN2O3S.C7H12O/c1-4-32-27(31)19(3)13-18(2)14-23-17-34-26(30-23)25(29)15-20-7-11-24(12-8-20)33-16-21-5-9-22(28)10-6-21;8-6-7-4-2-1-3-5-7/h5-14,17,25H,4,15-16,29H2,1-3H3;6-7H,1-5H2/b18-14+,19-13-;/t25-;/m0./s1. The Hall–Kier alpha value is -3.62.